The summed E-state index contributed by atoms with van der Waals surface area (Å²) in [5.41, 5.74) is 5.16. The molecule has 0 unspecified atom stereocenters. The Kier molecular flexibility index (Phi) is 16.0. The minimum absolute atomic E-state index is 0.0473. The van der Waals surface area contributed by atoms with Crippen LogP contribution in [0.5, 0.6) is 0 Å². The summed E-state index contributed by atoms with van der Waals surface area (Å²) in [5, 5.41) is 59.3. The second-order valence-electron chi connectivity index (χ2n) is 10.7. The van der Waals surface area contributed by atoms with Crippen LogP contribution in [0, 0.1) is 0 Å². The van der Waals surface area contributed by atoms with Crippen LogP contribution in [0.15, 0.2) is 0 Å². The maximum Gasteiger partial charge on any atom is 0.326 e. The molecule has 1 aliphatic rings. The summed E-state index contributed by atoms with van der Waals surface area (Å²) in [6.45, 7) is 2.20. The van der Waals surface area contributed by atoms with Crippen LogP contribution in [0.3, 0.4) is 0 Å². The summed E-state index contributed by atoms with van der Waals surface area (Å²) in [6, 6.07) is -9.10. The molecule has 46 heavy (non-hydrogen) atoms. The highest BCUT2D eigenvalue weighted by Gasteiger charge is 2.40. The summed E-state index contributed by atoms with van der Waals surface area (Å²) < 4.78 is 0. The van der Waals surface area contributed by atoms with Gasteiger partial charge in [-0.15, -0.1) is 0 Å². The predicted octanol–water partition coefficient (Wildman–Crippen LogP) is -5.92. The molecule has 20 nitrogen and oxygen atoms in total. The van der Waals surface area contributed by atoms with Gasteiger partial charge in [0.15, 0.2) is 0 Å². The van der Waals surface area contributed by atoms with Gasteiger partial charge in [0, 0.05) is 13.0 Å². The van der Waals surface area contributed by atoms with Gasteiger partial charge in [0.1, 0.15) is 36.3 Å². The maximum atomic E-state index is 13.2. The van der Waals surface area contributed by atoms with Crippen LogP contribution in [-0.4, -0.2) is 146 Å². The van der Waals surface area contributed by atoms with E-state index in [1.807, 2.05) is 0 Å². The number of nitrogens with zero attached hydrogens (tertiary/aromatic N) is 1. The number of hydrogen-bond donors (Lipinski definition) is 11. The molecule has 1 aliphatic heterocycles. The monoisotopic (exact) mass is 661 g/mol. The van der Waals surface area contributed by atoms with Crippen LogP contribution in [0.1, 0.15) is 46.5 Å². The molecule has 0 radical (unpaired) electrons. The molecule has 20 heteroatoms. The van der Waals surface area contributed by atoms with Crippen LogP contribution in [-0.2, 0) is 38.4 Å². The molecule has 0 spiro atoms. The van der Waals surface area contributed by atoms with Crippen molar-refractivity contribution in [3.8, 4) is 0 Å². The van der Waals surface area contributed by atoms with Crippen molar-refractivity contribution in [1.29, 1.82) is 0 Å². The van der Waals surface area contributed by atoms with Crippen molar-refractivity contribution in [2.24, 2.45) is 5.73 Å². The molecular formula is C26H43N7O13. The molecule has 12 N–H and O–H groups in total. The quantitative estimate of drug-likeness (QED) is 0.0652. The molecule has 0 aromatic rings. The number of aliphatic hydroxyl groups is 3. The van der Waals surface area contributed by atoms with Crippen molar-refractivity contribution in [3.05, 3.63) is 0 Å². The van der Waals surface area contributed by atoms with Crippen LogP contribution < -0.4 is 32.3 Å². The van der Waals surface area contributed by atoms with Gasteiger partial charge in [-0.2, -0.15) is 0 Å². The molecule has 260 valence electrons. The lowest BCUT2D eigenvalue weighted by Gasteiger charge is -2.30. The van der Waals surface area contributed by atoms with Gasteiger partial charge in [0.2, 0.25) is 35.4 Å². The number of hydrogen-bond acceptors (Lipinski definition) is 12. The van der Waals surface area contributed by atoms with Crippen molar-refractivity contribution in [2.75, 3.05) is 19.7 Å². The Morgan fingerprint density at radius 3 is 1.85 bits per heavy atom. The van der Waals surface area contributed by atoms with Gasteiger partial charge >= 0.3 is 11.9 Å². The number of aliphatic hydroxyl groups excluding tert-OH is 3. The van der Waals surface area contributed by atoms with Crippen molar-refractivity contribution >= 4 is 47.4 Å². The van der Waals surface area contributed by atoms with Gasteiger partial charge in [-0.05, 0) is 40.0 Å². The minimum atomic E-state index is -1.76. The van der Waals surface area contributed by atoms with E-state index in [0.717, 1.165) is 18.7 Å². The molecule has 0 aromatic carbocycles. The summed E-state index contributed by atoms with van der Waals surface area (Å²) >= 11 is 0. The summed E-state index contributed by atoms with van der Waals surface area (Å²) in [7, 11) is 0. The Morgan fingerprint density at radius 2 is 1.35 bits per heavy atom. The molecule has 0 bridgehead atoms. The lowest BCUT2D eigenvalue weighted by molar-refractivity contribution is -0.150. The summed E-state index contributed by atoms with van der Waals surface area (Å²) in [4.78, 5) is 99.8. The zero-order valence-electron chi connectivity index (χ0n) is 25.6. The fourth-order valence-electron chi connectivity index (χ4n) is 4.42. The highest BCUT2D eigenvalue weighted by Crippen LogP contribution is 2.19. The average molecular weight is 662 g/mol. The number of carboxylic acid groups (broad SMARTS) is 2. The van der Waals surface area contributed by atoms with Crippen LogP contribution in [0.2, 0.25) is 0 Å². The molecule has 0 aromatic heterocycles. The molecule has 1 rings (SSSR count). The lowest BCUT2D eigenvalue weighted by Crippen LogP contribution is -2.62. The summed E-state index contributed by atoms with van der Waals surface area (Å²) in [5.74, 6) is -8.57. The molecule has 8 atom stereocenters. The minimum Gasteiger partial charge on any atom is -0.481 e. The second-order valence-corrected chi connectivity index (χ2v) is 10.7. The first-order valence-electron chi connectivity index (χ1n) is 14.4. The first kappa shape index (κ1) is 39.6. The first-order chi connectivity index (χ1) is 21.4. The molecule has 0 saturated carbocycles. The molecule has 6 amide bonds. The number of amides is 6. The zero-order valence-corrected chi connectivity index (χ0v) is 25.6. The third kappa shape index (κ3) is 11.8. The number of likely N-dealkylation sites (tertiary alicyclic amines) is 1. The van der Waals surface area contributed by atoms with Crippen LogP contribution in [0.4, 0.5) is 0 Å². The van der Waals surface area contributed by atoms with Gasteiger partial charge in [0.05, 0.1) is 25.4 Å². The summed E-state index contributed by atoms with van der Waals surface area (Å²) in [6.07, 6.45) is -3.79. The van der Waals surface area contributed by atoms with E-state index in [9.17, 15) is 58.8 Å². The topological polar surface area (TPSA) is 327 Å². The fourth-order valence-corrected chi connectivity index (χ4v) is 4.42. The van der Waals surface area contributed by atoms with E-state index in [-0.39, 0.29) is 13.0 Å². The largest absolute Gasteiger partial charge is 0.481 e. The Labute approximate surface area is 263 Å². The number of carbonyl (C=O) groups is 8. The smallest absolute Gasteiger partial charge is 0.326 e. The van der Waals surface area contributed by atoms with E-state index in [2.05, 4.69) is 26.6 Å². The Bertz CT molecular complexity index is 1150. The highest BCUT2D eigenvalue weighted by molar-refractivity contribution is 5.97. The van der Waals surface area contributed by atoms with E-state index in [0.29, 0.717) is 6.42 Å². The van der Waals surface area contributed by atoms with Gasteiger partial charge in [-0.1, -0.05) is 0 Å². The first-order valence-corrected chi connectivity index (χ1v) is 14.4. The highest BCUT2D eigenvalue weighted by atomic mass is 16.4. The molecule has 0 aliphatic carbocycles. The van der Waals surface area contributed by atoms with E-state index in [4.69, 9.17) is 10.8 Å². The van der Waals surface area contributed by atoms with E-state index >= 15 is 0 Å². The van der Waals surface area contributed by atoms with Gasteiger partial charge < -0.3 is 62.8 Å². The van der Waals surface area contributed by atoms with Crippen molar-refractivity contribution in [1.82, 2.24) is 31.5 Å². The zero-order chi connectivity index (χ0) is 35.3. The van der Waals surface area contributed by atoms with Gasteiger partial charge in [-0.25, -0.2) is 4.79 Å². The number of nitrogens with one attached hydrogen (secondary N) is 5. The van der Waals surface area contributed by atoms with Crippen molar-refractivity contribution in [3.63, 3.8) is 0 Å². The van der Waals surface area contributed by atoms with E-state index < -0.39 is 122 Å². The Hall–Kier alpha value is -4.40. The fraction of sp³-hybridized carbons (Fsp3) is 0.692. The Balaban J connectivity index is 3.08. The standard InChI is InChI=1S/C26H43N7O13/c1-11(28-23(42)15(10-34)29-17(37)9-27)21(40)31-19(12(2)35)24(43)30-14(6-7-18(38)39)22(41)32-20(13(3)36)25(44)33-8-4-5-16(33)26(45)46/h11-16,19-20,34-36H,4-10,27H2,1-3H3,(H,28,42)(H,29,37)(H,30,43)(H,31,40)(H,32,41)(H,38,39)(H,45,46)/t11-,12+,13+,14-,15-,16-,19-,20-/m0/s1. The van der Waals surface area contributed by atoms with Gasteiger partial charge in [0.25, 0.3) is 0 Å². The number of carbonyl (C=O) groups excluding carboxylic acids is 6. The Morgan fingerprint density at radius 1 is 0.783 bits per heavy atom. The average Bonchev–Trinajstić information content (AvgIpc) is 3.48. The van der Waals surface area contributed by atoms with E-state index in [1.165, 1.54) is 6.92 Å². The number of carboxylic acids is 2. The van der Waals surface area contributed by atoms with Crippen LogP contribution in [0.25, 0.3) is 0 Å². The van der Waals surface area contributed by atoms with Crippen molar-refractivity contribution in [2.45, 2.75) is 94.9 Å². The number of rotatable bonds is 18. The predicted molar refractivity (Wildman–Crippen MR) is 154 cm³/mol. The molecule has 1 fully saturated rings. The lowest BCUT2D eigenvalue weighted by atomic mass is 10.1. The third-order valence-corrected chi connectivity index (χ3v) is 6.98. The third-order valence-electron chi connectivity index (χ3n) is 6.98. The second kappa shape index (κ2) is 18.5. The van der Waals surface area contributed by atoms with Crippen LogP contribution >= 0.6 is 0 Å². The van der Waals surface area contributed by atoms with E-state index in [1.54, 1.807) is 0 Å². The molecular weight excluding hydrogens is 618 g/mol. The number of nitrogens with two attached hydrogens (primary N) is 1. The normalized spacial score (nSPS) is 18.8. The van der Waals surface area contributed by atoms with Gasteiger partial charge in [-0.3, -0.25) is 33.6 Å². The van der Waals surface area contributed by atoms with Crippen molar-refractivity contribution < 1.29 is 63.9 Å². The SMILES string of the molecule is C[C@H](NC(=O)[C@H](CO)NC(=O)CN)C(=O)N[C@H](C(=O)N[C@@H](CCC(=O)O)C(=O)N[C@H](C(=O)N1CCC[C@H]1C(=O)O)[C@@H](C)O)[C@@H](C)O. The molecule has 1 saturated heterocycles. The molecule has 1 heterocycles. The maximum absolute atomic E-state index is 13.2. The number of aliphatic carboxylic acids is 2.